The topological polar surface area (TPSA) is 87.3 Å². The van der Waals surface area contributed by atoms with Crippen molar-refractivity contribution in [1.82, 2.24) is 10.6 Å². The van der Waals surface area contributed by atoms with Gasteiger partial charge in [0.25, 0.3) is 0 Å². The minimum atomic E-state index is -0.00170. The van der Waals surface area contributed by atoms with Gasteiger partial charge in [0, 0.05) is 38.8 Å². The molecule has 0 radical (unpaired) electrons. The Hall–Kier alpha value is -1.03. The summed E-state index contributed by atoms with van der Waals surface area (Å²) in [6.07, 6.45) is 5.25. The summed E-state index contributed by atoms with van der Waals surface area (Å²) < 4.78 is 27.3. The van der Waals surface area contributed by atoms with Crippen LogP contribution in [0, 0.1) is 5.92 Å². The molecule has 0 heterocycles. The molecule has 0 rings (SSSR count). The van der Waals surface area contributed by atoms with E-state index in [4.69, 9.17) is 23.7 Å². The van der Waals surface area contributed by atoms with Crippen molar-refractivity contribution < 1.29 is 28.5 Å². The zero-order chi connectivity index (χ0) is 23.0. The van der Waals surface area contributed by atoms with E-state index in [2.05, 4.69) is 44.4 Å². The minimum Gasteiger partial charge on any atom is -0.379 e. The fourth-order valence-corrected chi connectivity index (χ4v) is 2.31. The third-order valence-electron chi connectivity index (χ3n) is 3.90. The number of rotatable bonds is 23. The lowest BCUT2D eigenvalue weighted by Crippen LogP contribution is -2.27. The van der Waals surface area contributed by atoms with Gasteiger partial charge in [0.2, 0.25) is 5.91 Å². The SMILES string of the molecule is CC(C)/C=C/CNC(=O)CCOCCOCCOCCCOCCOCCNC(C)C. The molecule has 8 nitrogen and oxygen atoms in total. The van der Waals surface area contributed by atoms with E-state index in [0.29, 0.717) is 91.0 Å². The number of hydrogen-bond acceptors (Lipinski definition) is 7. The van der Waals surface area contributed by atoms with Crippen molar-refractivity contribution in [2.24, 2.45) is 5.92 Å². The van der Waals surface area contributed by atoms with Crippen LogP contribution in [-0.4, -0.2) is 91.1 Å². The number of allylic oxidation sites excluding steroid dienone is 1. The first-order valence-electron chi connectivity index (χ1n) is 11.6. The summed E-state index contributed by atoms with van der Waals surface area (Å²) in [6, 6.07) is 0.491. The Bertz CT molecular complexity index is 419. The first-order chi connectivity index (χ1) is 15.0. The number of nitrogens with one attached hydrogen (secondary N) is 2. The molecule has 8 heteroatoms. The van der Waals surface area contributed by atoms with Gasteiger partial charge in [-0.15, -0.1) is 0 Å². The predicted molar refractivity (Wildman–Crippen MR) is 123 cm³/mol. The first kappa shape index (κ1) is 30.0. The largest absolute Gasteiger partial charge is 0.379 e. The highest BCUT2D eigenvalue weighted by Gasteiger charge is 1.99. The summed E-state index contributed by atoms with van der Waals surface area (Å²) in [5.41, 5.74) is 0. The van der Waals surface area contributed by atoms with E-state index in [1.807, 2.05) is 6.08 Å². The van der Waals surface area contributed by atoms with Gasteiger partial charge in [-0.3, -0.25) is 4.79 Å². The fourth-order valence-electron chi connectivity index (χ4n) is 2.31. The van der Waals surface area contributed by atoms with Crippen LogP contribution >= 0.6 is 0 Å². The molecule has 2 N–H and O–H groups in total. The van der Waals surface area contributed by atoms with E-state index in [1.54, 1.807) is 0 Å². The lowest BCUT2D eigenvalue weighted by molar-refractivity contribution is -0.122. The second-order valence-corrected chi connectivity index (χ2v) is 7.75. The number of carbonyl (C=O) groups excluding carboxylic acids is 1. The van der Waals surface area contributed by atoms with Crippen molar-refractivity contribution in [3.63, 3.8) is 0 Å². The third kappa shape index (κ3) is 26.9. The molecule has 0 atom stereocenters. The molecule has 0 aliphatic rings. The van der Waals surface area contributed by atoms with Crippen LogP contribution in [0.25, 0.3) is 0 Å². The summed E-state index contributed by atoms with van der Waals surface area (Å²) in [5, 5.41) is 6.12. The molecule has 0 aromatic rings. The van der Waals surface area contributed by atoms with Crippen molar-refractivity contribution in [1.29, 1.82) is 0 Å². The first-order valence-corrected chi connectivity index (χ1v) is 11.6. The van der Waals surface area contributed by atoms with Crippen LogP contribution in [0.2, 0.25) is 0 Å². The van der Waals surface area contributed by atoms with Crippen molar-refractivity contribution >= 4 is 5.91 Å². The highest BCUT2D eigenvalue weighted by molar-refractivity contribution is 5.76. The molecule has 0 aromatic heterocycles. The van der Waals surface area contributed by atoms with Gasteiger partial charge in [0.1, 0.15) is 0 Å². The highest BCUT2D eigenvalue weighted by atomic mass is 16.5. The van der Waals surface area contributed by atoms with Gasteiger partial charge in [-0.2, -0.15) is 0 Å². The van der Waals surface area contributed by atoms with Crippen LogP contribution in [0.3, 0.4) is 0 Å². The summed E-state index contributed by atoms with van der Waals surface area (Å²) in [5.74, 6) is 0.496. The number of hydrogen-bond donors (Lipinski definition) is 2. The van der Waals surface area contributed by atoms with E-state index < -0.39 is 0 Å². The molecule has 0 aromatic carbocycles. The smallest absolute Gasteiger partial charge is 0.222 e. The summed E-state index contributed by atoms with van der Waals surface area (Å²) in [7, 11) is 0. The van der Waals surface area contributed by atoms with E-state index in [1.165, 1.54) is 0 Å². The van der Waals surface area contributed by atoms with Gasteiger partial charge in [-0.05, 0) is 12.3 Å². The molecule has 0 fully saturated rings. The maximum Gasteiger partial charge on any atom is 0.222 e. The fraction of sp³-hybridized carbons (Fsp3) is 0.870. The van der Waals surface area contributed by atoms with Crippen molar-refractivity contribution in [3.05, 3.63) is 12.2 Å². The van der Waals surface area contributed by atoms with Crippen molar-refractivity contribution in [2.75, 3.05) is 79.2 Å². The van der Waals surface area contributed by atoms with E-state index in [-0.39, 0.29) is 5.91 Å². The minimum absolute atomic E-state index is 0.00170. The molecule has 31 heavy (non-hydrogen) atoms. The number of carbonyl (C=O) groups is 1. The van der Waals surface area contributed by atoms with Crippen LogP contribution in [-0.2, 0) is 28.5 Å². The Morgan fingerprint density at radius 3 is 1.81 bits per heavy atom. The molecule has 0 spiro atoms. The lowest BCUT2D eigenvalue weighted by atomic mass is 10.2. The van der Waals surface area contributed by atoms with Gasteiger partial charge in [-0.25, -0.2) is 0 Å². The molecular formula is C23H46N2O6. The summed E-state index contributed by atoms with van der Waals surface area (Å²) in [4.78, 5) is 11.6. The van der Waals surface area contributed by atoms with Crippen LogP contribution in [0.5, 0.6) is 0 Å². The Kier molecular flexibility index (Phi) is 22.8. The zero-order valence-electron chi connectivity index (χ0n) is 20.2. The highest BCUT2D eigenvalue weighted by Crippen LogP contribution is 1.92. The van der Waals surface area contributed by atoms with Crippen molar-refractivity contribution in [3.8, 4) is 0 Å². The van der Waals surface area contributed by atoms with E-state index >= 15 is 0 Å². The normalized spacial score (nSPS) is 11.8. The zero-order valence-corrected chi connectivity index (χ0v) is 20.2. The molecule has 0 saturated heterocycles. The second kappa shape index (κ2) is 23.6. The molecule has 0 saturated carbocycles. The summed E-state index contributed by atoms with van der Waals surface area (Å²) in [6.45, 7) is 15.6. The standard InChI is InChI=1S/C23H46N2O6/c1-21(2)7-5-9-25-23(26)8-13-29-17-20-31-19-16-28-12-6-11-27-15-18-30-14-10-24-22(3)4/h5,7,21-22,24H,6,8-20H2,1-4H3,(H,25,26)/b7-5+. The molecule has 184 valence electrons. The maximum absolute atomic E-state index is 11.6. The number of ether oxygens (including phenoxy) is 5. The molecule has 0 unspecified atom stereocenters. The average molecular weight is 447 g/mol. The van der Waals surface area contributed by atoms with Crippen molar-refractivity contribution in [2.45, 2.75) is 46.6 Å². The van der Waals surface area contributed by atoms with Crippen LogP contribution < -0.4 is 10.6 Å². The third-order valence-corrected chi connectivity index (χ3v) is 3.90. The molecule has 0 aliphatic carbocycles. The Labute approximate surface area is 189 Å². The maximum atomic E-state index is 11.6. The predicted octanol–water partition coefficient (Wildman–Crippen LogP) is 2.18. The Morgan fingerprint density at radius 2 is 1.26 bits per heavy atom. The van der Waals surface area contributed by atoms with Gasteiger partial charge in [-0.1, -0.05) is 39.8 Å². The molecule has 1 amide bonds. The quantitative estimate of drug-likeness (QED) is 0.184. The van der Waals surface area contributed by atoms with Gasteiger partial charge >= 0.3 is 0 Å². The lowest BCUT2D eigenvalue weighted by Gasteiger charge is -2.09. The number of amides is 1. The van der Waals surface area contributed by atoms with E-state index in [0.717, 1.165) is 13.0 Å². The van der Waals surface area contributed by atoms with E-state index in [9.17, 15) is 4.79 Å². The van der Waals surface area contributed by atoms with Gasteiger partial charge in [0.05, 0.1) is 52.9 Å². The second-order valence-electron chi connectivity index (χ2n) is 7.75. The van der Waals surface area contributed by atoms with Crippen LogP contribution in [0.4, 0.5) is 0 Å². The van der Waals surface area contributed by atoms with Crippen LogP contribution in [0.15, 0.2) is 12.2 Å². The Balaban J connectivity index is 3.14. The monoisotopic (exact) mass is 446 g/mol. The molecule has 0 aliphatic heterocycles. The van der Waals surface area contributed by atoms with Gasteiger partial charge in [0.15, 0.2) is 0 Å². The summed E-state index contributed by atoms with van der Waals surface area (Å²) >= 11 is 0. The van der Waals surface area contributed by atoms with Crippen LogP contribution in [0.1, 0.15) is 40.5 Å². The Morgan fingerprint density at radius 1 is 0.742 bits per heavy atom. The molecular weight excluding hydrogens is 400 g/mol. The average Bonchev–Trinajstić information content (AvgIpc) is 2.72. The van der Waals surface area contributed by atoms with Gasteiger partial charge < -0.3 is 34.3 Å². The molecule has 0 bridgehead atoms.